The highest BCUT2D eigenvalue weighted by Crippen LogP contribution is 2.29. The van der Waals surface area contributed by atoms with Crippen molar-refractivity contribution in [2.24, 2.45) is 0 Å². The van der Waals surface area contributed by atoms with Crippen LogP contribution in [0.2, 0.25) is 0 Å². The van der Waals surface area contributed by atoms with Crippen molar-refractivity contribution < 1.29 is 22.7 Å². The van der Waals surface area contributed by atoms with E-state index in [1.54, 1.807) is 0 Å². The van der Waals surface area contributed by atoms with Crippen molar-refractivity contribution in [2.75, 3.05) is 0 Å². The Morgan fingerprint density at radius 2 is 1.67 bits per heavy atom. The molecule has 0 spiro atoms. The summed E-state index contributed by atoms with van der Waals surface area (Å²) in [6.45, 7) is 3.77. The summed E-state index contributed by atoms with van der Waals surface area (Å²) in [5.41, 5.74) is -0.642. The highest BCUT2D eigenvalue weighted by atomic mass is 19.4. The molecule has 0 heterocycles. The fraction of sp³-hybridized carbons (Fsp3) is 0.462. The van der Waals surface area contributed by atoms with Crippen LogP contribution < -0.4 is 0 Å². The van der Waals surface area contributed by atoms with Crippen LogP contribution in [-0.2, 0) is 10.9 Å². The lowest BCUT2D eigenvalue weighted by atomic mass is 10.1. The Hall–Kier alpha value is -1.52. The predicted octanol–water partition coefficient (Wildman–Crippen LogP) is 4.05. The molecular formula is C13H15F3O2. The lowest BCUT2D eigenvalue weighted by Gasteiger charge is -2.14. The molecule has 0 fully saturated rings. The fourth-order valence-electron chi connectivity index (χ4n) is 1.47. The minimum Gasteiger partial charge on any atom is -0.459 e. The SMILES string of the molecule is CCC(CC)OC(=O)c1ccc(C(F)(F)F)cc1. The zero-order chi connectivity index (χ0) is 13.8. The van der Waals surface area contributed by atoms with E-state index in [1.165, 1.54) is 0 Å². The van der Waals surface area contributed by atoms with Gasteiger partial charge in [-0.25, -0.2) is 4.79 Å². The van der Waals surface area contributed by atoms with Crippen molar-refractivity contribution in [2.45, 2.75) is 39.0 Å². The monoisotopic (exact) mass is 260 g/mol. The van der Waals surface area contributed by atoms with Gasteiger partial charge in [-0.3, -0.25) is 0 Å². The summed E-state index contributed by atoms with van der Waals surface area (Å²) in [7, 11) is 0. The van der Waals surface area contributed by atoms with Crippen molar-refractivity contribution in [3.63, 3.8) is 0 Å². The summed E-state index contributed by atoms with van der Waals surface area (Å²) in [5.74, 6) is -0.586. The zero-order valence-corrected chi connectivity index (χ0v) is 10.3. The normalized spacial score (nSPS) is 11.7. The first-order chi connectivity index (χ1) is 8.38. The van der Waals surface area contributed by atoms with Crippen LogP contribution in [0, 0.1) is 0 Å². The quantitative estimate of drug-likeness (QED) is 0.763. The molecule has 1 rings (SSSR count). The number of hydrogen-bond donors (Lipinski definition) is 0. The maximum atomic E-state index is 12.3. The molecule has 0 saturated carbocycles. The van der Waals surface area contributed by atoms with Gasteiger partial charge in [0.25, 0.3) is 0 Å². The lowest BCUT2D eigenvalue weighted by Crippen LogP contribution is -2.16. The molecule has 0 N–H and O–H groups in total. The van der Waals surface area contributed by atoms with Gasteiger partial charge in [0, 0.05) is 0 Å². The maximum absolute atomic E-state index is 12.3. The molecule has 2 nitrogen and oxygen atoms in total. The van der Waals surface area contributed by atoms with Crippen molar-refractivity contribution in [3.8, 4) is 0 Å². The van der Waals surface area contributed by atoms with Gasteiger partial charge in [-0.1, -0.05) is 13.8 Å². The van der Waals surface area contributed by atoms with Crippen LogP contribution in [-0.4, -0.2) is 12.1 Å². The molecule has 0 aliphatic rings. The Morgan fingerprint density at radius 3 is 2.06 bits per heavy atom. The second-order valence-electron chi connectivity index (χ2n) is 3.92. The third kappa shape index (κ3) is 3.75. The number of carbonyl (C=O) groups is 1. The molecule has 1 aromatic carbocycles. The Morgan fingerprint density at radius 1 is 1.17 bits per heavy atom. The van der Waals surface area contributed by atoms with Gasteiger partial charge in [0.1, 0.15) is 6.10 Å². The number of hydrogen-bond acceptors (Lipinski definition) is 2. The van der Waals surface area contributed by atoms with Gasteiger partial charge in [0.05, 0.1) is 11.1 Å². The van der Waals surface area contributed by atoms with Crippen molar-refractivity contribution in [3.05, 3.63) is 35.4 Å². The first-order valence-electron chi connectivity index (χ1n) is 5.76. The van der Waals surface area contributed by atoms with Crippen LogP contribution in [0.5, 0.6) is 0 Å². The Kier molecular flexibility index (Phi) is 4.76. The molecule has 0 unspecified atom stereocenters. The third-order valence-corrected chi connectivity index (χ3v) is 2.63. The molecule has 0 aliphatic heterocycles. The summed E-state index contributed by atoms with van der Waals surface area (Å²) in [6.07, 6.45) is -3.22. The van der Waals surface area contributed by atoms with E-state index in [0.717, 1.165) is 24.3 Å². The molecule has 5 heteroatoms. The molecule has 0 bridgehead atoms. The van der Waals surface area contributed by atoms with Crippen LogP contribution in [0.15, 0.2) is 24.3 Å². The lowest BCUT2D eigenvalue weighted by molar-refractivity contribution is -0.137. The highest BCUT2D eigenvalue weighted by Gasteiger charge is 2.30. The minimum atomic E-state index is -4.39. The van der Waals surface area contributed by atoms with E-state index in [1.807, 2.05) is 13.8 Å². The summed E-state index contributed by atoms with van der Waals surface area (Å²) >= 11 is 0. The van der Waals surface area contributed by atoms with Crippen molar-refractivity contribution in [1.82, 2.24) is 0 Å². The predicted molar refractivity (Wildman–Crippen MR) is 61.2 cm³/mol. The number of halogens is 3. The summed E-state index contributed by atoms with van der Waals surface area (Å²) < 4.78 is 42.1. The highest BCUT2D eigenvalue weighted by molar-refractivity contribution is 5.89. The topological polar surface area (TPSA) is 26.3 Å². The van der Waals surface area contributed by atoms with Crippen LogP contribution in [0.3, 0.4) is 0 Å². The second-order valence-corrected chi connectivity index (χ2v) is 3.92. The van der Waals surface area contributed by atoms with Gasteiger partial charge in [0.15, 0.2) is 0 Å². The standard InChI is InChI=1S/C13H15F3O2/c1-3-11(4-2)18-12(17)9-5-7-10(8-6-9)13(14,15)16/h5-8,11H,3-4H2,1-2H3. The molecule has 0 aromatic heterocycles. The van der Waals surface area contributed by atoms with Gasteiger partial charge in [0.2, 0.25) is 0 Å². The molecule has 0 aliphatic carbocycles. The summed E-state index contributed by atoms with van der Waals surface area (Å²) in [6, 6.07) is 4.02. The minimum absolute atomic E-state index is 0.134. The van der Waals surface area contributed by atoms with Crippen LogP contribution in [0.4, 0.5) is 13.2 Å². The molecule has 0 saturated heterocycles. The van der Waals surface area contributed by atoms with Crippen LogP contribution in [0.1, 0.15) is 42.6 Å². The first-order valence-corrected chi connectivity index (χ1v) is 5.76. The van der Waals surface area contributed by atoms with E-state index >= 15 is 0 Å². The number of rotatable bonds is 4. The number of alkyl halides is 3. The van der Waals surface area contributed by atoms with Gasteiger partial charge in [-0.15, -0.1) is 0 Å². The Bertz CT molecular complexity index is 392. The average molecular weight is 260 g/mol. The molecule has 1 aromatic rings. The van der Waals surface area contributed by atoms with Crippen molar-refractivity contribution in [1.29, 1.82) is 0 Å². The van der Waals surface area contributed by atoms with Crippen LogP contribution in [0.25, 0.3) is 0 Å². The zero-order valence-electron chi connectivity index (χ0n) is 10.3. The maximum Gasteiger partial charge on any atom is 0.416 e. The largest absolute Gasteiger partial charge is 0.459 e. The van der Waals surface area contributed by atoms with E-state index in [2.05, 4.69) is 0 Å². The van der Waals surface area contributed by atoms with E-state index in [-0.39, 0.29) is 11.7 Å². The first kappa shape index (κ1) is 14.5. The summed E-state index contributed by atoms with van der Waals surface area (Å²) in [5, 5.41) is 0. The smallest absolute Gasteiger partial charge is 0.416 e. The fourth-order valence-corrected chi connectivity index (χ4v) is 1.47. The second kappa shape index (κ2) is 5.89. The van der Waals surface area contributed by atoms with Crippen LogP contribution >= 0.6 is 0 Å². The van der Waals surface area contributed by atoms with E-state index in [0.29, 0.717) is 12.8 Å². The molecule has 0 radical (unpaired) electrons. The number of ether oxygens (including phenoxy) is 1. The Balaban J connectivity index is 2.76. The Labute approximate surface area is 104 Å². The molecule has 0 atom stereocenters. The summed E-state index contributed by atoms with van der Waals surface area (Å²) in [4.78, 5) is 11.6. The van der Waals surface area contributed by atoms with Crippen molar-refractivity contribution >= 4 is 5.97 Å². The third-order valence-electron chi connectivity index (χ3n) is 2.63. The van der Waals surface area contributed by atoms with E-state index < -0.39 is 17.7 Å². The number of benzene rings is 1. The van der Waals surface area contributed by atoms with E-state index in [4.69, 9.17) is 4.74 Å². The molecule has 100 valence electrons. The van der Waals surface area contributed by atoms with E-state index in [9.17, 15) is 18.0 Å². The van der Waals surface area contributed by atoms with Gasteiger partial charge in [-0.2, -0.15) is 13.2 Å². The average Bonchev–Trinajstić information content (AvgIpc) is 2.34. The molecular weight excluding hydrogens is 245 g/mol. The number of esters is 1. The number of carbonyl (C=O) groups excluding carboxylic acids is 1. The van der Waals surface area contributed by atoms with Gasteiger partial charge < -0.3 is 4.74 Å². The molecule has 0 amide bonds. The van der Waals surface area contributed by atoms with Gasteiger partial charge in [-0.05, 0) is 37.1 Å². The van der Waals surface area contributed by atoms with Gasteiger partial charge >= 0.3 is 12.1 Å². The molecule has 18 heavy (non-hydrogen) atoms.